The highest BCUT2D eigenvalue weighted by molar-refractivity contribution is 7.14. The summed E-state index contributed by atoms with van der Waals surface area (Å²) in [6.45, 7) is 0. The van der Waals surface area contributed by atoms with Crippen LogP contribution in [0.2, 0.25) is 5.02 Å². The average Bonchev–Trinajstić information content (AvgIpc) is 2.51. The monoisotopic (exact) mass is 214 g/mol. The van der Waals surface area contributed by atoms with Crippen LogP contribution in [0.4, 0.5) is 5.69 Å². The molecule has 0 aliphatic heterocycles. The molecule has 13 heavy (non-hydrogen) atoms. The summed E-state index contributed by atoms with van der Waals surface area (Å²) in [5.74, 6) is 0. The number of halogens is 1. The molecule has 2 aromatic rings. The van der Waals surface area contributed by atoms with Crippen molar-refractivity contribution in [2.24, 2.45) is 0 Å². The van der Waals surface area contributed by atoms with Gasteiger partial charge in [-0.2, -0.15) is 4.37 Å². The zero-order valence-electron chi connectivity index (χ0n) is 6.23. The van der Waals surface area contributed by atoms with Gasteiger partial charge in [-0.3, -0.25) is 10.1 Å². The number of nitro benzene ring substituents is 1. The van der Waals surface area contributed by atoms with Crippen LogP contribution in [-0.2, 0) is 0 Å². The standard InChI is InChI=1S/C7H3ClN2O2S/c8-6-2-5(10(11)12)1-4-3-9-13-7(4)6/h1-3H. The fourth-order valence-corrected chi connectivity index (χ4v) is 1.99. The maximum absolute atomic E-state index is 10.4. The quantitative estimate of drug-likeness (QED) is 0.542. The molecule has 0 atom stereocenters. The van der Waals surface area contributed by atoms with E-state index in [1.54, 1.807) is 6.20 Å². The van der Waals surface area contributed by atoms with E-state index in [1.807, 2.05) is 0 Å². The SMILES string of the molecule is O=[N+]([O-])c1cc(Cl)c2sncc2c1. The Bertz CT molecular complexity index is 482. The first-order valence-electron chi connectivity index (χ1n) is 3.37. The number of non-ortho nitro benzene ring substituents is 1. The fourth-order valence-electron chi connectivity index (χ4n) is 1.03. The van der Waals surface area contributed by atoms with Crippen LogP contribution >= 0.6 is 23.1 Å². The van der Waals surface area contributed by atoms with Crippen LogP contribution in [0.3, 0.4) is 0 Å². The van der Waals surface area contributed by atoms with E-state index in [2.05, 4.69) is 4.37 Å². The Kier molecular flexibility index (Phi) is 1.90. The molecule has 0 spiro atoms. The van der Waals surface area contributed by atoms with Crippen molar-refractivity contribution in [1.82, 2.24) is 4.37 Å². The smallest absolute Gasteiger partial charge is 0.258 e. The first-order chi connectivity index (χ1) is 6.18. The van der Waals surface area contributed by atoms with E-state index < -0.39 is 4.92 Å². The van der Waals surface area contributed by atoms with Gasteiger partial charge in [-0.05, 0) is 11.5 Å². The summed E-state index contributed by atoms with van der Waals surface area (Å²) >= 11 is 7.04. The van der Waals surface area contributed by atoms with Gasteiger partial charge in [-0.15, -0.1) is 0 Å². The van der Waals surface area contributed by atoms with Gasteiger partial charge in [0.05, 0.1) is 14.6 Å². The van der Waals surface area contributed by atoms with Crippen LogP contribution in [0.25, 0.3) is 10.1 Å². The topological polar surface area (TPSA) is 56.0 Å². The van der Waals surface area contributed by atoms with E-state index in [0.29, 0.717) is 10.4 Å². The van der Waals surface area contributed by atoms with E-state index in [9.17, 15) is 10.1 Å². The van der Waals surface area contributed by atoms with Crippen molar-refractivity contribution < 1.29 is 4.92 Å². The van der Waals surface area contributed by atoms with E-state index in [1.165, 1.54) is 23.7 Å². The van der Waals surface area contributed by atoms with Gasteiger partial charge in [0.2, 0.25) is 0 Å². The van der Waals surface area contributed by atoms with Gasteiger partial charge in [-0.1, -0.05) is 11.6 Å². The number of hydrogen-bond acceptors (Lipinski definition) is 4. The molecule has 2 rings (SSSR count). The van der Waals surface area contributed by atoms with Crippen LogP contribution in [0.15, 0.2) is 18.3 Å². The minimum Gasteiger partial charge on any atom is -0.258 e. The van der Waals surface area contributed by atoms with E-state index in [4.69, 9.17) is 11.6 Å². The highest BCUT2D eigenvalue weighted by atomic mass is 35.5. The van der Waals surface area contributed by atoms with Crippen LogP contribution in [-0.4, -0.2) is 9.30 Å². The summed E-state index contributed by atoms with van der Waals surface area (Å²) in [5.41, 5.74) is -0.00213. The molecule has 1 aromatic carbocycles. The van der Waals surface area contributed by atoms with Crippen molar-refractivity contribution in [3.63, 3.8) is 0 Å². The Morgan fingerprint density at radius 2 is 2.31 bits per heavy atom. The predicted octanol–water partition coefficient (Wildman–Crippen LogP) is 2.86. The molecule has 0 aliphatic rings. The molecule has 0 saturated carbocycles. The Labute approximate surface area is 82.1 Å². The zero-order chi connectivity index (χ0) is 9.42. The van der Waals surface area contributed by atoms with Gasteiger partial charge < -0.3 is 0 Å². The lowest BCUT2D eigenvalue weighted by Gasteiger charge is -1.93. The molecule has 66 valence electrons. The number of fused-ring (bicyclic) bond motifs is 1. The second-order valence-corrected chi connectivity index (χ2v) is 3.64. The third-order valence-corrected chi connectivity index (χ3v) is 2.86. The molecule has 0 N–H and O–H groups in total. The molecule has 1 heterocycles. The molecular formula is C7H3ClN2O2S. The summed E-state index contributed by atoms with van der Waals surface area (Å²) in [6, 6.07) is 2.80. The highest BCUT2D eigenvalue weighted by Gasteiger charge is 2.11. The summed E-state index contributed by atoms with van der Waals surface area (Å²) in [4.78, 5) is 9.98. The third kappa shape index (κ3) is 1.36. The van der Waals surface area contributed by atoms with Crippen LogP contribution in [0, 0.1) is 10.1 Å². The van der Waals surface area contributed by atoms with Crippen LogP contribution in [0.5, 0.6) is 0 Å². The lowest BCUT2D eigenvalue weighted by atomic mass is 10.2. The van der Waals surface area contributed by atoms with Crippen molar-refractivity contribution in [2.75, 3.05) is 0 Å². The molecule has 6 heteroatoms. The molecule has 4 nitrogen and oxygen atoms in total. The normalized spacial score (nSPS) is 10.5. The van der Waals surface area contributed by atoms with Crippen molar-refractivity contribution >= 4 is 38.9 Å². The van der Waals surface area contributed by atoms with Crippen molar-refractivity contribution in [3.05, 3.63) is 33.5 Å². The van der Waals surface area contributed by atoms with Crippen molar-refractivity contribution in [3.8, 4) is 0 Å². The summed E-state index contributed by atoms with van der Waals surface area (Å²) in [5, 5.41) is 11.5. The van der Waals surface area contributed by atoms with E-state index in [-0.39, 0.29) is 5.69 Å². The summed E-state index contributed by atoms with van der Waals surface area (Å²) < 4.78 is 4.68. The molecule has 0 bridgehead atoms. The molecular weight excluding hydrogens is 212 g/mol. The number of aromatic nitrogens is 1. The van der Waals surface area contributed by atoms with Gasteiger partial charge in [0.15, 0.2) is 0 Å². The summed E-state index contributed by atoms with van der Waals surface area (Å²) in [7, 11) is 0. The predicted molar refractivity (Wildman–Crippen MR) is 51.3 cm³/mol. The van der Waals surface area contributed by atoms with Gasteiger partial charge >= 0.3 is 0 Å². The first kappa shape index (κ1) is 8.40. The fraction of sp³-hybridized carbons (Fsp3) is 0. The molecule has 1 aromatic heterocycles. The molecule has 0 fully saturated rings. The second kappa shape index (κ2) is 2.93. The first-order valence-corrected chi connectivity index (χ1v) is 4.52. The lowest BCUT2D eigenvalue weighted by molar-refractivity contribution is -0.384. The minimum atomic E-state index is -0.469. The van der Waals surface area contributed by atoms with Crippen molar-refractivity contribution in [2.45, 2.75) is 0 Å². The average molecular weight is 215 g/mol. The highest BCUT2D eigenvalue weighted by Crippen LogP contribution is 2.31. The number of nitrogens with zero attached hydrogens (tertiary/aromatic N) is 2. The number of hydrogen-bond donors (Lipinski definition) is 0. The van der Waals surface area contributed by atoms with Crippen molar-refractivity contribution in [1.29, 1.82) is 0 Å². The number of benzene rings is 1. The van der Waals surface area contributed by atoms with Gasteiger partial charge in [0, 0.05) is 23.7 Å². The lowest BCUT2D eigenvalue weighted by Crippen LogP contribution is -1.86. The molecule has 0 unspecified atom stereocenters. The van der Waals surface area contributed by atoms with Gasteiger partial charge in [-0.25, -0.2) is 0 Å². The molecule has 0 aliphatic carbocycles. The van der Waals surface area contributed by atoms with E-state index in [0.717, 1.165) is 4.70 Å². The van der Waals surface area contributed by atoms with E-state index >= 15 is 0 Å². The minimum absolute atomic E-state index is 0.00213. The van der Waals surface area contributed by atoms with Crippen LogP contribution in [0.1, 0.15) is 0 Å². The maximum Gasteiger partial charge on any atom is 0.271 e. The maximum atomic E-state index is 10.4. The molecule has 0 radical (unpaired) electrons. The van der Waals surface area contributed by atoms with Gasteiger partial charge in [0.25, 0.3) is 5.69 Å². The van der Waals surface area contributed by atoms with Crippen LogP contribution < -0.4 is 0 Å². The molecule has 0 saturated heterocycles. The Morgan fingerprint density at radius 1 is 1.54 bits per heavy atom. The largest absolute Gasteiger partial charge is 0.271 e. The zero-order valence-corrected chi connectivity index (χ0v) is 7.80. The Balaban J connectivity index is 2.77. The number of nitro groups is 1. The number of rotatable bonds is 1. The summed E-state index contributed by atoms with van der Waals surface area (Å²) in [6.07, 6.45) is 1.57. The Morgan fingerprint density at radius 3 is 3.00 bits per heavy atom. The Hall–Kier alpha value is -1.20. The van der Waals surface area contributed by atoms with Gasteiger partial charge in [0.1, 0.15) is 0 Å². The molecule has 0 amide bonds. The second-order valence-electron chi connectivity index (χ2n) is 2.43. The third-order valence-electron chi connectivity index (χ3n) is 1.60.